The Morgan fingerprint density at radius 3 is 2.64 bits per heavy atom. The van der Waals surface area contributed by atoms with Crippen molar-refractivity contribution < 1.29 is 10.4 Å². The van der Waals surface area contributed by atoms with E-state index in [9.17, 15) is 0 Å². The van der Waals surface area contributed by atoms with Gasteiger partial charge in [-0.2, -0.15) is 4.73 Å². The molecular formula is C7H10N2O2. The van der Waals surface area contributed by atoms with Crippen molar-refractivity contribution in [1.29, 1.82) is 0 Å². The van der Waals surface area contributed by atoms with Gasteiger partial charge >= 0.3 is 0 Å². The van der Waals surface area contributed by atoms with Crippen LogP contribution in [-0.4, -0.2) is 15.1 Å². The van der Waals surface area contributed by atoms with Crippen LogP contribution >= 0.6 is 0 Å². The van der Waals surface area contributed by atoms with Gasteiger partial charge in [0, 0.05) is 11.8 Å². The Bertz CT molecular complexity index is 328. The zero-order valence-corrected chi connectivity index (χ0v) is 6.44. The summed E-state index contributed by atoms with van der Waals surface area (Å²) in [4.78, 5) is 0. The monoisotopic (exact) mass is 154 g/mol. The number of rotatable bonds is 0. The first-order chi connectivity index (χ1) is 5.16. The highest BCUT2D eigenvalue weighted by atomic mass is 16.5. The van der Waals surface area contributed by atoms with Gasteiger partial charge in [-0.1, -0.05) is 5.16 Å². The lowest BCUT2D eigenvalue weighted by Crippen LogP contribution is -2.13. The molecule has 1 rings (SSSR count). The molecule has 60 valence electrons. The highest BCUT2D eigenvalue weighted by molar-refractivity contribution is 5.16. The fraction of sp³-hybridized carbons (Fsp3) is 0.286. The molecule has 0 saturated carbocycles. The van der Waals surface area contributed by atoms with E-state index >= 15 is 0 Å². The predicted molar refractivity (Wildman–Crippen MR) is 38.4 cm³/mol. The van der Waals surface area contributed by atoms with Crippen molar-refractivity contribution in [3.8, 4) is 0 Å². The highest BCUT2D eigenvalue weighted by Gasteiger charge is 1.98. The van der Waals surface area contributed by atoms with Crippen LogP contribution in [0.25, 0.3) is 0 Å². The molecule has 0 aliphatic rings. The third kappa shape index (κ3) is 1.19. The van der Waals surface area contributed by atoms with E-state index in [0.29, 0.717) is 11.1 Å². The summed E-state index contributed by atoms with van der Waals surface area (Å²) in [7, 11) is 0. The molecule has 0 unspecified atom stereocenters. The summed E-state index contributed by atoms with van der Waals surface area (Å²) < 4.78 is 0.990. The van der Waals surface area contributed by atoms with Gasteiger partial charge in [-0.3, -0.25) is 0 Å². The van der Waals surface area contributed by atoms with Gasteiger partial charge in [-0.15, -0.1) is 0 Å². The molecule has 0 spiro atoms. The molecule has 0 aliphatic heterocycles. The number of pyridine rings is 1. The molecule has 0 saturated heterocycles. The van der Waals surface area contributed by atoms with Crippen LogP contribution in [0.1, 0.15) is 11.3 Å². The van der Waals surface area contributed by atoms with E-state index in [0.717, 1.165) is 10.3 Å². The van der Waals surface area contributed by atoms with Gasteiger partial charge in [0.05, 0.1) is 5.69 Å². The van der Waals surface area contributed by atoms with E-state index in [1.165, 1.54) is 12.3 Å². The van der Waals surface area contributed by atoms with Crippen LogP contribution in [-0.2, 0) is 0 Å². The van der Waals surface area contributed by atoms with Crippen molar-refractivity contribution in [3.05, 3.63) is 28.9 Å². The lowest BCUT2D eigenvalue weighted by Gasteiger charge is -2.04. The molecule has 1 aromatic heterocycles. The maximum absolute atomic E-state index is 9.11. The first kappa shape index (κ1) is 7.65. The molecule has 0 amide bonds. The van der Waals surface area contributed by atoms with Gasteiger partial charge in [-0.25, -0.2) is 0 Å². The predicted octanol–water partition coefficient (Wildman–Crippen LogP) is 0.632. The Hall–Kier alpha value is -1.45. The molecule has 0 fully saturated rings. The summed E-state index contributed by atoms with van der Waals surface area (Å²) in [5.74, 6) is 0. The largest absolute Gasteiger partial charge is 0.429 e. The minimum atomic E-state index is 0.479. The summed E-state index contributed by atoms with van der Waals surface area (Å²) in [6.07, 6.45) is 1.43. The smallest absolute Gasteiger partial charge is 0.109 e. The Morgan fingerprint density at radius 2 is 2.09 bits per heavy atom. The number of nitrogens with zero attached hydrogens (tertiary/aromatic N) is 2. The van der Waals surface area contributed by atoms with Crippen LogP contribution < -0.4 is 5.36 Å². The average Bonchev–Trinajstić information content (AvgIpc) is 2.01. The first-order valence-corrected chi connectivity index (χ1v) is 3.23. The van der Waals surface area contributed by atoms with Gasteiger partial charge in [0.2, 0.25) is 0 Å². The van der Waals surface area contributed by atoms with E-state index < -0.39 is 0 Å². The van der Waals surface area contributed by atoms with Crippen LogP contribution in [0.15, 0.2) is 17.4 Å². The summed E-state index contributed by atoms with van der Waals surface area (Å²) >= 11 is 0. The van der Waals surface area contributed by atoms with Crippen LogP contribution in [0.4, 0.5) is 0 Å². The molecule has 0 aromatic carbocycles. The van der Waals surface area contributed by atoms with Crippen LogP contribution in [0.5, 0.6) is 0 Å². The molecule has 11 heavy (non-hydrogen) atoms. The van der Waals surface area contributed by atoms with E-state index in [4.69, 9.17) is 10.4 Å². The second kappa shape index (κ2) is 2.65. The maximum atomic E-state index is 9.11. The van der Waals surface area contributed by atoms with E-state index in [-0.39, 0.29) is 0 Å². The lowest BCUT2D eigenvalue weighted by atomic mass is 10.2. The maximum Gasteiger partial charge on any atom is 0.109 e. The molecule has 1 aromatic rings. The second-order valence-corrected chi connectivity index (χ2v) is 2.36. The first-order valence-electron chi connectivity index (χ1n) is 3.23. The van der Waals surface area contributed by atoms with Gasteiger partial charge in [0.1, 0.15) is 5.36 Å². The molecule has 0 bridgehead atoms. The van der Waals surface area contributed by atoms with Crippen molar-refractivity contribution in [3.63, 3.8) is 0 Å². The van der Waals surface area contributed by atoms with Gasteiger partial charge < -0.3 is 10.4 Å². The topological polar surface area (TPSA) is 57.8 Å². The summed E-state index contributed by atoms with van der Waals surface area (Å²) in [5.41, 5.74) is 1.43. The Labute approximate surface area is 64.0 Å². The summed E-state index contributed by atoms with van der Waals surface area (Å²) in [6, 6.07) is 1.53. The summed E-state index contributed by atoms with van der Waals surface area (Å²) in [5, 5.41) is 21.1. The minimum absolute atomic E-state index is 0.479. The quantitative estimate of drug-likeness (QED) is 0.327. The Balaban J connectivity index is 3.50. The van der Waals surface area contributed by atoms with Crippen molar-refractivity contribution in [2.24, 2.45) is 5.16 Å². The minimum Gasteiger partial charge on any atom is -0.429 e. The summed E-state index contributed by atoms with van der Waals surface area (Å²) in [6.45, 7) is 3.51. The molecule has 0 radical (unpaired) electrons. The van der Waals surface area contributed by atoms with Gasteiger partial charge in [0.15, 0.2) is 0 Å². The van der Waals surface area contributed by atoms with Crippen molar-refractivity contribution in [2.75, 3.05) is 0 Å². The number of aromatic nitrogens is 1. The second-order valence-electron chi connectivity index (χ2n) is 2.36. The molecule has 4 nitrogen and oxygen atoms in total. The van der Waals surface area contributed by atoms with Crippen molar-refractivity contribution in [1.82, 2.24) is 4.73 Å². The van der Waals surface area contributed by atoms with Crippen LogP contribution in [0.3, 0.4) is 0 Å². The average molecular weight is 154 g/mol. The molecule has 2 N–H and O–H groups in total. The zero-order valence-electron chi connectivity index (χ0n) is 6.44. The Kier molecular flexibility index (Phi) is 1.85. The standard InChI is InChI=1S/C7H10N2O2/c1-5-6(2)9(11)4-3-7(5)8-10/h3-4,10-11H,1-2H3/b8-7-. The SMILES string of the molecule is Cc1c(C)n(O)cc/c1=N/O. The van der Waals surface area contributed by atoms with E-state index in [1.807, 2.05) is 0 Å². The van der Waals surface area contributed by atoms with Crippen LogP contribution in [0, 0.1) is 13.8 Å². The Morgan fingerprint density at radius 1 is 1.45 bits per heavy atom. The van der Waals surface area contributed by atoms with Gasteiger partial charge in [-0.05, 0) is 19.9 Å². The zero-order chi connectivity index (χ0) is 8.43. The van der Waals surface area contributed by atoms with E-state index in [2.05, 4.69) is 5.16 Å². The normalized spacial score (nSPS) is 12.0. The lowest BCUT2D eigenvalue weighted by molar-refractivity contribution is 0.176. The number of hydrogen-bond acceptors (Lipinski definition) is 3. The molecule has 4 heteroatoms. The molecule has 0 aliphatic carbocycles. The van der Waals surface area contributed by atoms with Crippen LogP contribution in [0.2, 0.25) is 0 Å². The number of hydrogen-bond donors (Lipinski definition) is 2. The molecular weight excluding hydrogens is 144 g/mol. The molecule has 0 atom stereocenters. The van der Waals surface area contributed by atoms with E-state index in [1.54, 1.807) is 13.8 Å². The highest BCUT2D eigenvalue weighted by Crippen LogP contribution is 1.97. The fourth-order valence-electron chi connectivity index (χ4n) is 0.844. The molecule has 1 heterocycles. The third-order valence-corrected chi connectivity index (χ3v) is 1.75. The van der Waals surface area contributed by atoms with Gasteiger partial charge in [0.25, 0.3) is 0 Å². The third-order valence-electron chi connectivity index (χ3n) is 1.75. The van der Waals surface area contributed by atoms with Crippen molar-refractivity contribution in [2.45, 2.75) is 13.8 Å². The fourth-order valence-corrected chi connectivity index (χ4v) is 0.844. The van der Waals surface area contributed by atoms with Crippen molar-refractivity contribution >= 4 is 0 Å².